The third kappa shape index (κ3) is 1.73. The molecule has 0 fully saturated rings. The van der Waals surface area contributed by atoms with Gasteiger partial charge in [-0.25, -0.2) is 0 Å². The maximum atomic E-state index is 5.49. The number of halogens is 1. The van der Waals surface area contributed by atoms with E-state index in [-0.39, 0.29) is 0 Å². The van der Waals surface area contributed by atoms with Gasteiger partial charge in [0.2, 0.25) is 0 Å². The lowest BCUT2D eigenvalue weighted by atomic mass is 10.3. The molecule has 9 heavy (non-hydrogen) atoms. The molecule has 0 aromatic carbocycles. The summed E-state index contributed by atoms with van der Waals surface area (Å²) in [5.41, 5.74) is 0.800. The fraction of sp³-hybridized carbons (Fsp3) is 0. The predicted octanol–water partition coefficient (Wildman–Crippen LogP) is 2.00. The molecule has 0 spiro atoms. The third-order valence-corrected chi connectivity index (χ3v) is 1.34. The molecule has 0 aliphatic rings. The molecule has 0 amide bonds. The highest BCUT2D eigenvalue weighted by Crippen LogP contribution is 2.01. The minimum absolute atomic E-state index is 0.364. The summed E-state index contributed by atoms with van der Waals surface area (Å²) in [7, 11) is 0. The van der Waals surface area contributed by atoms with Crippen LogP contribution in [0.25, 0.3) is 0 Å². The summed E-state index contributed by atoms with van der Waals surface area (Å²) in [5, 5.41) is 0. The smallest absolute Gasteiger partial charge is 0.112 e. The van der Waals surface area contributed by atoms with Crippen LogP contribution in [-0.4, -0.2) is 9.31 Å². The standard InChI is InChI=1S/C6H4ClNS/c7-6(9)5-2-1-3-8-4-5/h1-4H. The Kier molecular flexibility index (Phi) is 2.14. The van der Waals surface area contributed by atoms with E-state index in [4.69, 9.17) is 11.6 Å². The quantitative estimate of drug-likeness (QED) is 0.457. The molecule has 0 atom stereocenters. The SMILES string of the molecule is S=C(Cl)c1cccnc1. The summed E-state index contributed by atoms with van der Waals surface area (Å²) in [6, 6.07) is 3.62. The minimum Gasteiger partial charge on any atom is -0.264 e. The van der Waals surface area contributed by atoms with Crippen LogP contribution < -0.4 is 0 Å². The van der Waals surface area contributed by atoms with Gasteiger partial charge in [-0.15, -0.1) is 0 Å². The van der Waals surface area contributed by atoms with Crippen LogP contribution in [0.2, 0.25) is 0 Å². The molecule has 0 aliphatic heterocycles. The predicted molar refractivity (Wildman–Crippen MR) is 41.8 cm³/mol. The van der Waals surface area contributed by atoms with Crippen molar-refractivity contribution >= 4 is 28.1 Å². The van der Waals surface area contributed by atoms with E-state index in [9.17, 15) is 0 Å². The average molecular weight is 158 g/mol. The van der Waals surface area contributed by atoms with Crippen LogP contribution in [0, 0.1) is 0 Å². The number of rotatable bonds is 1. The average Bonchev–Trinajstić information content (AvgIpc) is 1.90. The second-order valence-corrected chi connectivity index (χ2v) is 2.53. The number of hydrogen-bond acceptors (Lipinski definition) is 2. The Morgan fingerprint density at radius 1 is 1.67 bits per heavy atom. The highest BCUT2D eigenvalue weighted by molar-refractivity contribution is 7.83. The highest BCUT2D eigenvalue weighted by Gasteiger charge is 1.92. The van der Waals surface area contributed by atoms with E-state index in [0.717, 1.165) is 5.56 Å². The highest BCUT2D eigenvalue weighted by atomic mass is 35.5. The van der Waals surface area contributed by atoms with Gasteiger partial charge in [-0.1, -0.05) is 23.8 Å². The van der Waals surface area contributed by atoms with Crippen molar-refractivity contribution in [2.24, 2.45) is 0 Å². The van der Waals surface area contributed by atoms with E-state index in [1.165, 1.54) is 0 Å². The van der Waals surface area contributed by atoms with E-state index in [0.29, 0.717) is 4.32 Å². The Hall–Kier alpha value is -0.470. The van der Waals surface area contributed by atoms with Crippen molar-refractivity contribution < 1.29 is 0 Å². The van der Waals surface area contributed by atoms with Crippen LogP contribution in [0.4, 0.5) is 0 Å². The second-order valence-electron chi connectivity index (χ2n) is 1.52. The van der Waals surface area contributed by atoms with Gasteiger partial charge in [-0.05, 0) is 12.1 Å². The monoisotopic (exact) mass is 157 g/mol. The normalized spacial score (nSPS) is 9.00. The molecule has 1 heterocycles. The maximum Gasteiger partial charge on any atom is 0.112 e. The Morgan fingerprint density at radius 2 is 2.44 bits per heavy atom. The van der Waals surface area contributed by atoms with Gasteiger partial charge in [0.15, 0.2) is 0 Å². The first-order chi connectivity index (χ1) is 4.30. The van der Waals surface area contributed by atoms with E-state index >= 15 is 0 Å². The summed E-state index contributed by atoms with van der Waals surface area (Å²) in [5.74, 6) is 0. The van der Waals surface area contributed by atoms with E-state index in [2.05, 4.69) is 17.2 Å². The van der Waals surface area contributed by atoms with Gasteiger partial charge >= 0.3 is 0 Å². The van der Waals surface area contributed by atoms with Gasteiger partial charge < -0.3 is 0 Å². The maximum absolute atomic E-state index is 5.49. The number of aromatic nitrogens is 1. The molecule has 3 heteroatoms. The molecule has 1 aromatic heterocycles. The van der Waals surface area contributed by atoms with Crippen molar-refractivity contribution in [3.05, 3.63) is 30.1 Å². The van der Waals surface area contributed by atoms with Crippen LogP contribution in [0.5, 0.6) is 0 Å². The number of nitrogens with zero attached hydrogens (tertiary/aromatic N) is 1. The minimum atomic E-state index is 0.364. The molecule has 0 aliphatic carbocycles. The summed E-state index contributed by atoms with van der Waals surface area (Å²) in [4.78, 5) is 3.83. The van der Waals surface area contributed by atoms with Crippen LogP contribution >= 0.6 is 23.8 Å². The lowest BCUT2D eigenvalue weighted by Crippen LogP contribution is -1.85. The largest absolute Gasteiger partial charge is 0.264 e. The first-order valence-corrected chi connectivity index (χ1v) is 3.19. The zero-order valence-electron chi connectivity index (χ0n) is 4.54. The first-order valence-electron chi connectivity index (χ1n) is 2.40. The summed E-state index contributed by atoms with van der Waals surface area (Å²) < 4.78 is 0.364. The van der Waals surface area contributed by atoms with Gasteiger partial charge in [-0.3, -0.25) is 4.98 Å². The Morgan fingerprint density at radius 3 is 2.78 bits per heavy atom. The number of thiocarbonyl (C=S) groups is 1. The van der Waals surface area contributed by atoms with Crippen LogP contribution in [0.3, 0.4) is 0 Å². The molecule has 0 unspecified atom stereocenters. The van der Waals surface area contributed by atoms with Gasteiger partial charge in [0.25, 0.3) is 0 Å². The van der Waals surface area contributed by atoms with Crippen molar-refractivity contribution in [2.75, 3.05) is 0 Å². The van der Waals surface area contributed by atoms with Crippen molar-refractivity contribution in [2.45, 2.75) is 0 Å². The zero-order chi connectivity index (χ0) is 6.69. The zero-order valence-corrected chi connectivity index (χ0v) is 6.12. The molecule has 1 rings (SSSR count). The van der Waals surface area contributed by atoms with E-state index in [1.54, 1.807) is 18.5 Å². The molecule has 0 radical (unpaired) electrons. The van der Waals surface area contributed by atoms with Crippen molar-refractivity contribution in [3.8, 4) is 0 Å². The molecular weight excluding hydrogens is 154 g/mol. The fourth-order valence-electron chi connectivity index (χ4n) is 0.479. The van der Waals surface area contributed by atoms with E-state index in [1.807, 2.05) is 6.07 Å². The Labute approximate surface area is 63.7 Å². The molecule has 46 valence electrons. The van der Waals surface area contributed by atoms with Crippen LogP contribution in [0.1, 0.15) is 5.56 Å². The second kappa shape index (κ2) is 2.90. The Bertz CT molecular complexity index is 210. The summed E-state index contributed by atoms with van der Waals surface area (Å²) in [6.45, 7) is 0. The molecule has 0 saturated heterocycles. The number of hydrogen-bond donors (Lipinski definition) is 0. The van der Waals surface area contributed by atoms with Gasteiger partial charge in [0, 0.05) is 18.0 Å². The third-order valence-electron chi connectivity index (χ3n) is 0.888. The topological polar surface area (TPSA) is 12.9 Å². The van der Waals surface area contributed by atoms with Crippen LogP contribution in [-0.2, 0) is 0 Å². The fourth-order valence-corrected chi connectivity index (χ4v) is 0.712. The van der Waals surface area contributed by atoms with Gasteiger partial charge in [-0.2, -0.15) is 0 Å². The molecule has 1 aromatic rings. The molecule has 1 nitrogen and oxygen atoms in total. The van der Waals surface area contributed by atoms with Crippen molar-refractivity contribution in [1.82, 2.24) is 4.98 Å². The van der Waals surface area contributed by atoms with Gasteiger partial charge in [0.1, 0.15) is 4.32 Å². The molecular formula is C6H4ClNS. The lowest BCUT2D eigenvalue weighted by molar-refractivity contribution is 1.32. The van der Waals surface area contributed by atoms with Crippen LogP contribution in [0.15, 0.2) is 24.5 Å². The van der Waals surface area contributed by atoms with Crippen molar-refractivity contribution in [1.29, 1.82) is 0 Å². The van der Waals surface area contributed by atoms with E-state index < -0.39 is 0 Å². The molecule has 0 N–H and O–H groups in total. The molecule has 0 bridgehead atoms. The Balaban J connectivity index is 2.98. The lowest BCUT2D eigenvalue weighted by Gasteiger charge is -1.89. The van der Waals surface area contributed by atoms with Crippen molar-refractivity contribution in [3.63, 3.8) is 0 Å². The summed E-state index contributed by atoms with van der Waals surface area (Å²) >= 11 is 10.2. The number of pyridine rings is 1. The summed E-state index contributed by atoms with van der Waals surface area (Å²) in [6.07, 6.45) is 3.31. The molecule has 0 saturated carbocycles. The van der Waals surface area contributed by atoms with Gasteiger partial charge in [0.05, 0.1) is 0 Å². The first kappa shape index (κ1) is 6.65.